The molecule has 0 spiro atoms. The van der Waals surface area contributed by atoms with Crippen LogP contribution in [0.2, 0.25) is 0 Å². The minimum Gasteiger partial charge on any atom is -0.480 e. The maximum atomic E-state index is 11.9. The second-order valence-electron chi connectivity index (χ2n) is 6.12. The lowest BCUT2D eigenvalue weighted by atomic mass is 9.92. The number of amides is 1. The highest BCUT2D eigenvalue weighted by atomic mass is 16.6. The van der Waals surface area contributed by atoms with Crippen molar-refractivity contribution in [3.63, 3.8) is 0 Å². The Morgan fingerprint density at radius 1 is 1.47 bits per heavy atom. The molecule has 0 saturated carbocycles. The summed E-state index contributed by atoms with van der Waals surface area (Å²) in [7, 11) is 0. The van der Waals surface area contributed by atoms with Gasteiger partial charge in [-0.2, -0.15) is 0 Å². The van der Waals surface area contributed by atoms with Gasteiger partial charge in [0.2, 0.25) is 0 Å². The Morgan fingerprint density at radius 3 is 2.63 bits per heavy atom. The maximum Gasteiger partial charge on any atom is 0.410 e. The number of piperidine rings is 1. The number of ether oxygens (including phenoxy) is 1. The summed E-state index contributed by atoms with van der Waals surface area (Å²) in [6, 6.07) is -0.858. The molecule has 1 aliphatic heterocycles. The van der Waals surface area contributed by atoms with Crippen molar-refractivity contribution in [1.82, 2.24) is 4.90 Å². The number of nitrogens with two attached hydrogens (primary N) is 1. The van der Waals surface area contributed by atoms with Crippen LogP contribution in [-0.2, 0) is 9.53 Å². The van der Waals surface area contributed by atoms with Gasteiger partial charge in [-0.05, 0) is 46.0 Å². The zero-order valence-electron chi connectivity index (χ0n) is 11.9. The number of rotatable bonds is 3. The minimum absolute atomic E-state index is 0.132. The average Bonchev–Trinajstić information content (AvgIpc) is 2.27. The molecule has 0 radical (unpaired) electrons. The standard InChI is InChI=1S/C13H24N2O4/c1-13(2,3)19-12(18)15-6-4-5-9(8-15)7-10(14)11(16)17/h9-10H,4-8,14H2,1-3H3,(H,16,17)/t9?,10-/m1/s1. The Kier molecular flexibility index (Phi) is 5.17. The van der Waals surface area contributed by atoms with Gasteiger partial charge in [-0.1, -0.05) is 0 Å². The van der Waals surface area contributed by atoms with Gasteiger partial charge in [0.1, 0.15) is 11.6 Å². The number of likely N-dealkylation sites (tertiary alicyclic amines) is 1. The monoisotopic (exact) mass is 272 g/mol. The minimum atomic E-state index is -0.991. The highest BCUT2D eigenvalue weighted by molar-refractivity contribution is 5.73. The Bertz CT molecular complexity index is 338. The lowest BCUT2D eigenvalue weighted by Gasteiger charge is -2.34. The predicted molar refractivity (Wildman–Crippen MR) is 70.8 cm³/mol. The molecule has 19 heavy (non-hydrogen) atoms. The number of aliphatic carboxylic acids is 1. The quantitative estimate of drug-likeness (QED) is 0.810. The number of nitrogens with zero attached hydrogens (tertiary/aromatic N) is 1. The lowest BCUT2D eigenvalue weighted by molar-refractivity contribution is -0.139. The zero-order valence-corrected chi connectivity index (χ0v) is 11.9. The van der Waals surface area contributed by atoms with E-state index in [4.69, 9.17) is 15.6 Å². The van der Waals surface area contributed by atoms with E-state index in [2.05, 4.69) is 0 Å². The number of carboxylic acid groups (broad SMARTS) is 1. The van der Waals surface area contributed by atoms with Crippen molar-refractivity contribution in [2.24, 2.45) is 11.7 Å². The highest BCUT2D eigenvalue weighted by Gasteiger charge is 2.29. The molecule has 0 aliphatic carbocycles. The first kappa shape index (κ1) is 15.8. The first-order valence-electron chi connectivity index (χ1n) is 6.65. The van der Waals surface area contributed by atoms with Crippen molar-refractivity contribution in [2.45, 2.75) is 51.7 Å². The van der Waals surface area contributed by atoms with E-state index in [9.17, 15) is 9.59 Å². The average molecular weight is 272 g/mol. The lowest BCUT2D eigenvalue weighted by Crippen LogP contribution is -2.44. The summed E-state index contributed by atoms with van der Waals surface area (Å²) < 4.78 is 5.32. The van der Waals surface area contributed by atoms with Crippen molar-refractivity contribution >= 4 is 12.1 Å². The Balaban J connectivity index is 2.50. The third kappa shape index (κ3) is 5.46. The van der Waals surface area contributed by atoms with Crippen molar-refractivity contribution < 1.29 is 19.4 Å². The fraction of sp³-hybridized carbons (Fsp3) is 0.846. The summed E-state index contributed by atoms with van der Waals surface area (Å²) in [4.78, 5) is 24.3. The summed E-state index contributed by atoms with van der Waals surface area (Å²) in [5, 5.41) is 8.81. The molecular weight excluding hydrogens is 248 g/mol. The van der Waals surface area contributed by atoms with Crippen LogP contribution < -0.4 is 5.73 Å². The number of hydrogen-bond acceptors (Lipinski definition) is 4. The second-order valence-corrected chi connectivity index (χ2v) is 6.12. The molecule has 0 aromatic heterocycles. The van der Waals surface area contributed by atoms with Crippen LogP contribution in [-0.4, -0.2) is 46.8 Å². The smallest absolute Gasteiger partial charge is 0.410 e. The maximum absolute atomic E-state index is 11.9. The van der Waals surface area contributed by atoms with E-state index in [0.717, 1.165) is 12.8 Å². The number of carbonyl (C=O) groups is 2. The predicted octanol–water partition coefficient (Wildman–Crippen LogP) is 1.44. The normalized spacial score (nSPS) is 21.9. The van der Waals surface area contributed by atoms with Crippen LogP contribution in [0.1, 0.15) is 40.0 Å². The molecule has 1 rings (SSSR count). The Morgan fingerprint density at radius 2 is 2.11 bits per heavy atom. The van der Waals surface area contributed by atoms with E-state index < -0.39 is 17.6 Å². The first-order valence-corrected chi connectivity index (χ1v) is 6.65. The third-order valence-electron chi connectivity index (χ3n) is 3.08. The molecule has 0 bridgehead atoms. The van der Waals surface area contributed by atoms with Crippen LogP contribution in [0.4, 0.5) is 4.79 Å². The van der Waals surface area contributed by atoms with Crippen LogP contribution in [0, 0.1) is 5.92 Å². The largest absolute Gasteiger partial charge is 0.480 e. The molecule has 1 fully saturated rings. The molecule has 6 nitrogen and oxygen atoms in total. The van der Waals surface area contributed by atoms with E-state index >= 15 is 0 Å². The molecule has 110 valence electrons. The van der Waals surface area contributed by atoms with Crippen molar-refractivity contribution in [3.05, 3.63) is 0 Å². The summed E-state index contributed by atoms with van der Waals surface area (Å²) in [6.45, 7) is 6.66. The molecule has 1 saturated heterocycles. The van der Waals surface area contributed by atoms with Crippen LogP contribution in [0.5, 0.6) is 0 Å². The number of carbonyl (C=O) groups excluding carboxylic acids is 1. The highest BCUT2D eigenvalue weighted by Crippen LogP contribution is 2.22. The van der Waals surface area contributed by atoms with Gasteiger partial charge >= 0.3 is 12.1 Å². The van der Waals surface area contributed by atoms with E-state index in [1.54, 1.807) is 4.90 Å². The summed E-state index contributed by atoms with van der Waals surface area (Å²) in [5.74, 6) is -0.859. The molecule has 3 N–H and O–H groups in total. The molecule has 2 atom stereocenters. The first-order chi connectivity index (χ1) is 8.69. The van der Waals surface area contributed by atoms with Gasteiger partial charge in [0.25, 0.3) is 0 Å². The van der Waals surface area contributed by atoms with Crippen molar-refractivity contribution in [2.75, 3.05) is 13.1 Å². The summed E-state index contributed by atoms with van der Waals surface area (Å²) >= 11 is 0. The second kappa shape index (κ2) is 6.23. The van der Waals surface area contributed by atoms with E-state index in [0.29, 0.717) is 19.5 Å². The van der Waals surface area contributed by atoms with Gasteiger partial charge in [-0.25, -0.2) is 4.79 Å². The van der Waals surface area contributed by atoms with Crippen LogP contribution >= 0.6 is 0 Å². The SMILES string of the molecule is CC(C)(C)OC(=O)N1CCCC(C[C@@H](N)C(=O)O)C1. The molecule has 0 aromatic carbocycles. The topological polar surface area (TPSA) is 92.9 Å². The van der Waals surface area contributed by atoms with Crippen molar-refractivity contribution in [3.8, 4) is 0 Å². The molecule has 0 aromatic rings. The molecule has 1 heterocycles. The van der Waals surface area contributed by atoms with E-state index in [-0.39, 0.29) is 12.0 Å². The molecule has 6 heteroatoms. The Labute approximate surface area is 113 Å². The fourth-order valence-corrected chi connectivity index (χ4v) is 2.21. The van der Waals surface area contributed by atoms with Gasteiger partial charge in [0.15, 0.2) is 0 Å². The van der Waals surface area contributed by atoms with E-state index in [1.165, 1.54) is 0 Å². The zero-order chi connectivity index (χ0) is 14.6. The third-order valence-corrected chi connectivity index (χ3v) is 3.08. The number of carboxylic acids is 1. The molecule has 1 aliphatic rings. The molecule has 1 unspecified atom stereocenters. The van der Waals surface area contributed by atoms with Gasteiger partial charge in [0, 0.05) is 13.1 Å². The molecular formula is C13H24N2O4. The fourth-order valence-electron chi connectivity index (χ4n) is 2.21. The van der Waals surface area contributed by atoms with Gasteiger partial charge in [-0.3, -0.25) is 4.79 Å². The van der Waals surface area contributed by atoms with Gasteiger partial charge < -0.3 is 20.5 Å². The Hall–Kier alpha value is -1.30. The van der Waals surface area contributed by atoms with Crippen LogP contribution in [0.15, 0.2) is 0 Å². The summed E-state index contributed by atoms with van der Waals surface area (Å²) in [6.07, 6.45) is 1.83. The van der Waals surface area contributed by atoms with Gasteiger partial charge in [-0.15, -0.1) is 0 Å². The van der Waals surface area contributed by atoms with E-state index in [1.807, 2.05) is 20.8 Å². The summed E-state index contributed by atoms with van der Waals surface area (Å²) in [5.41, 5.74) is 5.02. The van der Waals surface area contributed by atoms with Crippen molar-refractivity contribution in [1.29, 1.82) is 0 Å². The molecule has 1 amide bonds. The van der Waals surface area contributed by atoms with Crippen LogP contribution in [0.25, 0.3) is 0 Å². The van der Waals surface area contributed by atoms with Gasteiger partial charge in [0.05, 0.1) is 0 Å². The number of hydrogen-bond donors (Lipinski definition) is 2. The van der Waals surface area contributed by atoms with Crippen LogP contribution in [0.3, 0.4) is 0 Å².